The number of rotatable bonds is 7. The lowest BCUT2D eigenvalue weighted by atomic mass is 10.1. The Labute approximate surface area is 151 Å². The van der Waals surface area contributed by atoms with Crippen molar-refractivity contribution in [1.29, 1.82) is 0 Å². The van der Waals surface area contributed by atoms with Gasteiger partial charge in [-0.15, -0.1) is 0 Å². The Balaban J connectivity index is 2.11. The highest BCUT2D eigenvalue weighted by Gasteiger charge is 2.24. The van der Waals surface area contributed by atoms with Gasteiger partial charge in [0.15, 0.2) is 0 Å². The molecule has 0 unspecified atom stereocenters. The number of aromatic nitrogens is 3. The lowest BCUT2D eigenvalue weighted by molar-refractivity contribution is 0.0936. The van der Waals surface area contributed by atoms with Crippen molar-refractivity contribution in [2.75, 3.05) is 20.3 Å². The molecule has 136 valence electrons. The monoisotopic (exact) mass is 354 g/mol. The zero-order valence-corrected chi connectivity index (χ0v) is 14.9. The quantitative estimate of drug-likeness (QED) is 0.658. The van der Waals surface area contributed by atoms with Crippen LogP contribution in [0.4, 0.5) is 0 Å². The lowest BCUT2D eigenvalue weighted by Crippen LogP contribution is -2.28. The minimum absolute atomic E-state index is 0.234. The summed E-state index contributed by atoms with van der Waals surface area (Å²) >= 11 is 0. The van der Waals surface area contributed by atoms with E-state index in [-0.39, 0.29) is 11.5 Å². The van der Waals surface area contributed by atoms with E-state index in [0.29, 0.717) is 42.2 Å². The van der Waals surface area contributed by atoms with E-state index in [0.717, 1.165) is 6.42 Å². The normalized spacial score (nSPS) is 11.0. The summed E-state index contributed by atoms with van der Waals surface area (Å²) in [5.74, 6) is -0.268. The van der Waals surface area contributed by atoms with Crippen LogP contribution in [0.2, 0.25) is 0 Å². The van der Waals surface area contributed by atoms with Gasteiger partial charge >= 0.3 is 0 Å². The van der Waals surface area contributed by atoms with Crippen LogP contribution in [0.5, 0.6) is 0 Å². The highest BCUT2D eigenvalue weighted by atomic mass is 16.5. The molecule has 3 rings (SSSR count). The molecular weight excluding hydrogens is 332 g/mol. The number of nitrogens with one attached hydrogen (secondary N) is 1. The SMILES string of the molecule is CCCn1cc(C(=O)NCCOC)c2nn(-c3ccccc3)c(=O)c-2c1. The number of pyridine rings is 1. The molecule has 7 heteroatoms. The van der Waals surface area contributed by atoms with E-state index in [1.807, 2.05) is 41.8 Å². The standard InChI is InChI=1S/C19H22N4O3/c1-3-10-22-12-15(18(24)20-9-11-26-2)17-16(13-22)19(25)23(21-17)14-7-5-4-6-8-14/h4-8,12-13H,3,9-11H2,1-2H3,(H,20,24). The Hall–Kier alpha value is -2.93. The summed E-state index contributed by atoms with van der Waals surface area (Å²) in [4.78, 5) is 25.5. The Morgan fingerprint density at radius 1 is 1.23 bits per heavy atom. The van der Waals surface area contributed by atoms with Crippen molar-refractivity contribution in [3.8, 4) is 16.9 Å². The van der Waals surface area contributed by atoms with Gasteiger partial charge in [-0.2, -0.15) is 9.78 Å². The minimum Gasteiger partial charge on any atom is -0.383 e. The molecule has 2 aliphatic rings. The van der Waals surface area contributed by atoms with Gasteiger partial charge in [0.05, 0.1) is 23.4 Å². The van der Waals surface area contributed by atoms with Crippen molar-refractivity contribution < 1.29 is 9.53 Å². The zero-order chi connectivity index (χ0) is 18.5. The molecule has 1 amide bonds. The van der Waals surface area contributed by atoms with E-state index in [1.54, 1.807) is 19.5 Å². The Kier molecular flexibility index (Phi) is 5.48. The number of aryl methyl sites for hydroxylation is 1. The topological polar surface area (TPSA) is 78.2 Å². The number of fused-ring (bicyclic) bond motifs is 1. The van der Waals surface area contributed by atoms with E-state index in [2.05, 4.69) is 10.4 Å². The molecule has 2 aliphatic heterocycles. The number of nitrogens with zero attached hydrogens (tertiary/aromatic N) is 3. The summed E-state index contributed by atoms with van der Waals surface area (Å²) in [6.07, 6.45) is 4.40. The van der Waals surface area contributed by atoms with E-state index >= 15 is 0 Å². The van der Waals surface area contributed by atoms with Crippen LogP contribution in [0.1, 0.15) is 23.7 Å². The van der Waals surface area contributed by atoms with E-state index in [1.165, 1.54) is 4.68 Å². The smallest absolute Gasteiger partial charge is 0.282 e. The summed E-state index contributed by atoms with van der Waals surface area (Å²) in [5, 5.41) is 7.23. The van der Waals surface area contributed by atoms with Crippen LogP contribution in [0.25, 0.3) is 16.9 Å². The Morgan fingerprint density at radius 3 is 2.69 bits per heavy atom. The number of para-hydroxylation sites is 1. The highest BCUT2D eigenvalue weighted by Crippen LogP contribution is 2.22. The lowest BCUT2D eigenvalue weighted by Gasteiger charge is -2.12. The highest BCUT2D eigenvalue weighted by molar-refractivity contribution is 5.99. The fourth-order valence-corrected chi connectivity index (χ4v) is 2.82. The van der Waals surface area contributed by atoms with Crippen molar-refractivity contribution in [3.63, 3.8) is 0 Å². The summed E-state index contributed by atoms with van der Waals surface area (Å²) in [5.41, 5.74) is 1.66. The molecule has 0 saturated heterocycles. The minimum atomic E-state index is -0.268. The first-order chi connectivity index (χ1) is 12.7. The molecular formula is C19H22N4O3. The van der Waals surface area contributed by atoms with Crippen molar-refractivity contribution >= 4 is 5.91 Å². The third-order valence-electron chi connectivity index (χ3n) is 4.04. The molecule has 0 atom stereocenters. The van der Waals surface area contributed by atoms with Gasteiger partial charge < -0.3 is 14.6 Å². The second kappa shape index (κ2) is 7.97. The maximum Gasteiger partial charge on any atom is 0.282 e. The maximum absolute atomic E-state index is 12.9. The fraction of sp³-hybridized carbons (Fsp3) is 0.316. The van der Waals surface area contributed by atoms with Gasteiger partial charge in [0.2, 0.25) is 0 Å². The van der Waals surface area contributed by atoms with Gasteiger partial charge in [-0.05, 0) is 18.6 Å². The third kappa shape index (κ3) is 3.52. The number of carbonyl (C=O) groups excluding carboxylic acids is 1. The summed E-state index contributed by atoms with van der Waals surface area (Å²) < 4.78 is 8.18. The van der Waals surface area contributed by atoms with Crippen molar-refractivity contribution in [2.45, 2.75) is 19.9 Å². The third-order valence-corrected chi connectivity index (χ3v) is 4.04. The molecule has 0 fully saturated rings. The predicted molar refractivity (Wildman–Crippen MR) is 98.9 cm³/mol. The van der Waals surface area contributed by atoms with Crippen LogP contribution in [-0.2, 0) is 11.3 Å². The summed E-state index contributed by atoms with van der Waals surface area (Å²) in [6.45, 7) is 3.57. The summed E-state index contributed by atoms with van der Waals surface area (Å²) in [7, 11) is 1.58. The number of hydrogen-bond acceptors (Lipinski definition) is 4. The number of ether oxygens (including phenoxy) is 1. The molecule has 0 bridgehead atoms. The number of carbonyl (C=O) groups is 1. The Bertz CT molecular complexity index is 914. The van der Waals surface area contributed by atoms with Gasteiger partial charge in [0.1, 0.15) is 5.69 Å². The van der Waals surface area contributed by atoms with Gasteiger partial charge in [0, 0.05) is 32.6 Å². The molecule has 2 heterocycles. The van der Waals surface area contributed by atoms with E-state index in [4.69, 9.17) is 4.74 Å². The molecule has 0 aliphatic carbocycles. The number of methoxy groups -OCH3 is 1. The van der Waals surface area contributed by atoms with E-state index in [9.17, 15) is 9.59 Å². The van der Waals surface area contributed by atoms with Crippen LogP contribution in [-0.4, -0.2) is 40.5 Å². The fourth-order valence-electron chi connectivity index (χ4n) is 2.82. The van der Waals surface area contributed by atoms with Crippen LogP contribution in [0.15, 0.2) is 47.5 Å². The maximum atomic E-state index is 12.9. The summed E-state index contributed by atoms with van der Waals surface area (Å²) in [6, 6.07) is 9.19. The van der Waals surface area contributed by atoms with Crippen LogP contribution in [0, 0.1) is 0 Å². The van der Waals surface area contributed by atoms with E-state index < -0.39 is 0 Å². The molecule has 0 radical (unpaired) electrons. The number of hydrogen-bond donors (Lipinski definition) is 1. The molecule has 7 nitrogen and oxygen atoms in total. The average Bonchev–Trinajstić information content (AvgIpc) is 2.99. The Morgan fingerprint density at radius 2 is 2.00 bits per heavy atom. The first-order valence-electron chi connectivity index (χ1n) is 8.61. The van der Waals surface area contributed by atoms with Crippen LogP contribution >= 0.6 is 0 Å². The van der Waals surface area contributed by atoms with Crippen molar-refractivity contribution in [2.24, 2.45) is 0 Å². The van der Waals surface area contributed by atoms with Gasteiger partial charge in [-0.1, -0.05) is 25.1 Å². The zero-order valence-electron chi connectivity index (χ0n) is 14.9. The first kappa shape index (κ1) is 17.9. The van der Waals surface area contributed by atoms with Gasteiger partial charge in [-0.25, -0.2) is 0 Å². The average molecular weight is 354 g/mol. The second-order valence-electron chi connectivity index (χ2n) is 5.97. The molecule has 1 aromatic rings. The largest absolute Gasteiger partial charge is 0.383 e. The van der Waals surface area contributed by atoms with Gasteiger partial charge in [0.25, 0.3) is 11.5 Å². The van der Waals surface area contributed by atoms with Crippen molar-refractivity contribution in [1.82, 2.24) is 19.7 Å². The second-order valence-corrected chi connectivity index (χ2v) is 5.97. The van der Waals surface area contributed by atoms with Gasteiger partial charge in [-0.3, -0.25) is 9.59 Å². The van der Waals surface area contributed by atoms with Crippen LogP contribution < -0.4 is 10.9 Å². The predicted octanol–water partition coefficient (Wildman–Crippen LogP) is 1.92. The molecule has 1 N–H and O–H groups in total. The first-order valence-corrected chi connectivity index (χ1v) is 8.61. The molecule has 0 spiro atoms. The number of amides is 1. The molecule has 1 aromatic carbocycles. The number of benzene rings is 1. The molecule has 0 aromatic heterocycles. The van der Waals surface area contributed by atoms with Crippen molar-refractivity contribution in [3.05, 3.63) is 58.6 Å². The molecule has 26 heavy (non-hydrogen) atoms. The molecule has 0 saturated carbocycles. The van der Waals surface area contributed by atoms with Crippen LogP contribution in [0.3, 0.4) is 0 Å².